The Labute approximate surface area is 90.6 Å². The highest BCUT2D eigenvalue weighted by atomic mass is 35.5. The molecule has 0 spiro atoms. The Hall–Kier alpha value is -1.13. The van der Waals surface area contributed by atoms with Crippen LogP contribution in [-0.4, -0.2) is 15.9 Å². The van der Waals surface area contributed by atoms with Crippen molar-refractivity contribution in [3.8, 4) is 17.0 Å². The fraction of sp³-hybridized carbons (Fsp3) is 0.111. The summed E-state index contributed by atoms with van der Waals surface area (Å²) in [6, 6.07) is 7.58. The second-order valence-corrected chi connectivity index (χ2v) is 3.49. The van der Waals surface area contributed by atoms with E-state index in [2.05, 4.69) is 8.75 Å². The van der Waals surface area contributed by atoms with Crippen molar-refractivity contribution in [2.24, 2.45) is 0 Å². The molecule has 0 atom stereocenters. The SMILES string of the molecule is COc1ccccc1-c1nsnc1Cl. The first-order valence-corrected chi connectivity index (χ1v) is 5.05. The first-order valence-electron chi connectivity index (χ1n) is 3.94. The van der Waals surface area contributed by atoms with E-state index in [0.717, 1.165) is 23.0 Å². The van der Waals surface area contributed by atoms with Crippen LogP contribution in [0.15, 0.2) is 24.3 Å². The first-order chi connectivity index (χ1) is 6.83. The number of nitrogens with zero attached hydrogens (tertiary/aromatic N) is 2. The minimum Gasteiger partial charge on any atom is -0.496 e. The van der Waals surface area contributed by atoms with Crippen molar-refractivity contribution in [3.63, 3.8) is 0 Å². The van der Waals surface area contributed by atoms with Gasteiger partial charge in [-0.05, 0) is 12.1 Å². The summed E-state index contributed by atoms with van der Waals surface area (Å²) >= 11 is 6.98. The van der Waals surface area contributed by atoms with Gasteiger partial charge in [0.1, 0.15) is 11.4 Å². The third kappa shape index (κ3) is 1.58. The summed E-state index contributed by atoms with van der Waals surface area (Å²) in [6.07, 6.45) is 0. The van der Waals surface area contributed by atoms with E-state index >= 15 is 0 Å². The van der Waals surface area contributed by atoms with E-state index < -0.39 is 0 Å². The Bertz CT molecular complexity index is 444. The van der Waals surface area contributed by atoms with Gasteiger partial charge in [0.2, 0.25) is 0 Å². The smallest absolute Gasteiger partial charge is 0.171 e. The van der Waals surface area contributed by atoms with Gasteiger partial charge in [-0.25, -0.2) is 0 Å². The summed E-state index contributed by atoms with van der Waals surface area (Å²) in [4.78, 5) is 0. The van der Waals surface area contributed by atoms with Gasteiger partial charge in [0.15, 0.2) is 5.15 Å². The predicted octanol–water partition coefficient (Wildman–Crippen LogP) is 2.87. The average molecular weight is 227 g/mol. The van der Waals surface area contributed by atoms with E-state index in [0.29, 0.717) is 10.8 Å². The van der Waals surface area contributed by atoms with Gasteiger partial charge >= 0.3 is 0 Å². The van der Waals surface area contributed by atoms with Crippen molar-refractivity contribution in [2.75, 3.05) is 7.11 Å². The maximum absolute atomic E-state index is 5.88. The summed E-state index contributed by atoms with van der Waals surface area (Å²) in [6.45, 7) is 0. The maximum atomic E-state index is 5.88. The van der Waals surface area contributed by atoms with Crippen LogP contribution in [-0.2, 0) is 0 Å². The van der Waals surface area contributed by atoms with Crippen LogP contribution < -0.4 is 4.74 Å². The van der Waals surface area contributed by atoms with E-state index in [-0.39, 0.29) is 0 Å². The van der Waals surface area contributed by atoms with Crippen LogP contribution in [0, 0.1) is 0 Å². The molecule has 0 amide bonds. The molecule has 0 aliphatic heterocycles. The molecule has 3 nitrogen and oxygen atoms in total. The van der Waals surface area contributed by atoms with Gasteiger partial charge in [0.05, 0.1) is 18.8 Å². The minimum atomic E-state index is 0.416. The quantitative estimate of drug-likeness (QED) is 0.790. The lowest BCUT2D eigenvalue weighted by Gasteiger charge is -2.04. The zero-order chi connectivity index (χ0) is 9.97. The van der Waals surface area contributed by atoms with Crippen molar-refractivity contribution in [1.82, 2.24) is 8.75 Å². The fourth-order valence-corrected chi connectivity index (χ4v) is 1.93. The van der Waals surface area contributed by atoms with Gasteiger partial charge in [0.25, 0.3) is 0 Å². The average Bonchev–Trinajstić information content (AvgIpc) is 2.64. The minimum absolute atomic E-state index is 0.416. The van der Waals surface area contributed by atoms with Crippen molar-refractivity contribution >= 4 is 23.3 Å². The van der Waals surface area contributed by atoms with Crippen LogP contribution in [0.4, 0.5) is 0 Å². The van der Waals surface area contributed by atoms with Crippen LogP contribution in [0.1, 0.15) is 0 Å². The number of hydrogen-bond acceptors (Lipinski definition) is 4. The van der Waals surface area contributed by atoms with E-state index in [4.69, 9.17) is 16.3 Å². The molecular formula is C9H7ClN2OS. The molecule has 0 aliphatic carbocycles. The first kappa shape index (κ1) is 9.43. The number of methoxy groups -OCH3 is 1. The molecule has 0 N–H and O–H groups in total. The topological polar surface area (TPSA) is 35.0 Å². The van der Waals surface area contributed by atoms with Gasteiger partial charge in [0, 0.05) is 5.56 Å². The molecule has 1 aromatic heterocycles. The lowest BCUT2D eigenvalue weighted by atomic mass is 10.1. The number of halogens is 1. The largest absolute Gasteiger partial charge is 0.496 e. The number of benzene rings is 1. The molecule has 2 rings (SSSR count). The summed E-state index contributed by atoms with van der Waals surface area (Å²) in [5.74, 6) is 0.752. The number of para-hydroxylation sites is 1. The molecule has 1 heterocycles. The highest BCUT2D eigenvalue weighted by Crippen LogP contribution is 2.32. The lowest BCUT2D eigenvalue weighted by molar-refractivity contribution is 0.416. The normalized spacial score (nSPS) is 10.1. The fourth-order valence-electron chi connectivity index (χ4n) is 1.18. The van der Waals surface area contributed by atoms with Gasteiger partial charge < -0.3 is 4.74 Å². The highest BCUT2D eigenvalue weighted by Gasteiger charge is 2.12. The molecule has 0 aliphatic rings. The van der Waals surface area contributed by atoms with Crippen LogP contribution >= 0.6 is 23.3 Å². The second kappa shape index (κ2) is 3.94. The third-order valence-electron chi connectivity index (χ3n) is 1.81. The number of hydrogen-bond donors (Lipinski definition) is 0. The van der Waals surface area contributed by atoms with E-state index in [1.165, 1.54) is 0 Å². The summed E-state index contributed by atoms with van der Waals surface area (Å²) in [5.41, 5.74) is 1.54. The second-order valence-electron chi connectivity index (χ2n) is 2.60. The molecule has 1 aromatic carbocycles. The van der Waals surface area contributed by atoms with Crippen molar-refractivity contribution < 1.29 is 4.74 Å². The Balaban J connectivity index is 2.56. The molecule has 0 saturated carbocycles. The summed E-state index contributed by atoms with van der Waals surface area (Å²) < 4.78 is 13.2. The number of ether oxygens (including phenoxy) is 1. The Morgan fingerprint density at radius 3 is 2.71 bits per heavy atom. The standard InChI is InChI=1S/C9H7ClN2OS/c1-13-7-5-3-2-4-6(7)8-9(10)12-14-11-8/h2-5H,1H3. The monoisotopic (exact) mass is 226 g/mol. The van der Waals surface area contributed by atoms with Crippen molar-refractivity contribution in [2.45, 2.75) is 0 Å². The van der Waals surface area contributed by atoms with Gasteiger partial charge in [-0.1, -0.05) is 23.7 Å². The van der Waals surface area contributed by atoms with Gasteiger partial charge in [-0.15, -0.1) is 0 Å². The predicted molar refractivity (Wildman–Crippen MR) is 56.9 cm³/mol. The zero-order valence-corrected chi connectivity index (χ0v) is 8.97. The molecule has 0 bridgehead atoms. The van der Waals surface area contributed by atoms with E-state index in [1.807, 2.05) is 24.3 Å². The molecule has 14 heavy (non-hydrogen) atoms. The van der Waals surface area contributed by atoms with Crippen LogP contribution in [0.2, 0.25) is 5.15 Å². The summed E-state index contributed by atoms with van der Waals surface area (Å²) in [5, 5.41) is 0.416. The van der Waals surface area contributed by atoms with Crippen LogP contribution in [0.25, 0.3) is 11.3 Å². The van der Waals surface area contributed by atoms with Crippen molar-refractivity contribution in [3.05, 3.63) is 29.4 Å². The number of rotatable bonds is 2. The Morgan fingerprint density at radius 1 is 1.29 bits per heavy atom. The van der Waals surface area contributed by atoms with Crippen LogP contribution in [0.3, 0.4) is 0 Å². The van der Waals surface area contributed by atoms with E-state index in [9.17, 15) is 0 Å². The molecule has 2 aromatic rings. The van der Waals surface area contributed by atoms with Gasteiger partial charge in [-0.2, -0.15) is 8.75 Å². The number of aromatic nitrogens is 2. The van der Waals surface area contributed by atoms with Crippen LogP contribution in [0.5, 0.6) is 5.75 Å². The summed E-state index contributed by atoms with van der Waals surface area (Å²) in [7, 11) is 1.62. The molecule has 0 unspecified atom stereocenters. The molecule has 0 saturated heterocycles. The molecule has 0 fully saturated rings. The molecule has 5 heteroatoms. The maximum Gasteiger partial charge on any atom is 0.171 e. The van der Waals surface area contributed by atoms with Crippen molar-refractivity contribution in [1.29, 1.82) is 0 Å². The Kier molecular flexibility index (Phi) is 2.65. The third-order valence-corrected chi connectivity index (χ3v) is 2.70. The molecule has 0 radical (unpaired) electrons. The highest BCUT2D eigenvalue weighted by molar-refractivity contribution is 6.99. The molecular weight excluding hydrogens is 220 g/mol. The van der Waals surface area contributed by atoms with E-state index in [1.54, 1.807) is 7.11 Å². The van der Waals surface area contributed by atoms with Gasteiger partial charge in [-0.3, -0.25) is 0 Å². The zero-order valence-electron chi connectivity index (χ0n) is 7.40. The molecule has 72 valence electrons. The lowest BCUT2D eigenvalue weighted by Crippen LogP contribution is -1.87. The Morgan fingerprint density at radius 2 is 2.07 bits per heavy atom.